The number of carbonyl (C=O) groups excluding carboxylic acids is 1. The fraction of sp³-hybridized carbons (Fsp3) is 0.259. The summed E-state index contributed by atoms with van der Waals surface area (Å²) in [6.45, 7) is 3.46. The summed E-state index contributed by atoms with van der Waals surface area (Å²) in [4.78, 5) is 17.9. The fourth-order valence-electron chi connectivity index (χ4n) is 3.60. The summed E-state index contributed by atoms with van der Waals surface area (Å²) < 4.78 is 17.5. The van der Waals surface area contributed by atoms with Crippen LogP contribution >= 0.6 is 0 Å². The fourth-order valence-corrected chi connectivity index (χ4v) is 3.60. The van der Waals surface area contributed by atoms with Crippen LogP contribution in [0.3, 0.4) is 0 Å². The molecule has 4 rings (SSSR count). The van der Waals surface area contributed by atoms with Crippen molar-refractivity contribution in [2.45, 2.75) is 32.4 Å². The summed E-state index contributed by atoms with van der Waals surface area (Å²) in [6, 6.07) is 25.3. The van der Waals surface area contributed by atoms with Gasteiger partial charge in [0.25, 0.3) is 6.01 Å². The number of ether oxygens (including phenoxy) is 2. The quantitative estimate of drug-likeness (QED) is 0.222. The molecule has 35 heavy (non-hydrogen) atoms. The Morgan fingerprint density at radius 2 is 1.77 bits per heavy atom. The first-order chi connectivity index (χ1) is 16.6. The van der Waals surface area contributed by atoms with E-state index >= 15 is 0 Å². The van der Waals surface area contributed by atoms with Crippen LogP contribution in [0.4, 0.5) is 6.01 Å². The van der Waals surface area contributed by atoms with Crippen LogP contribution in [0.1, 0.15) is 25.3 Å². The second-order valence-electron chi connectivity index (χ2n) is 7.88. The van der Waals surface area contributed by atoms with Crippen molar-refractivity contribution in [2.75, 3.05) is 18.1 Å². The third-order valence-corrected chi connectivity index (χ3v) is 5.32. The molecule has 0 spiro atoms. The molecular weight excluding hydrogens is 455 g/mol. The third kappa shape index (κ3) is 7.49. The summed E-state index contributed by atoms with van der Waals surface area (Å²) in [5.41, 5.74) is 2.46. The maximum atomic E-state index is 11.2. The SMILES string of the molecule is CCC(Oc1cccc(CN(CCCOc2ccccc2)c2nc3ccccc3o2)c1)C(=O)[O-].[Na+]. The number of carboxylic acid groups (broad SMARTS) is 1. The number of fused-ring (bicyclic) bond motifs is 1. The van der Waals surface area contributed by atoms with Crippen LogP contribution in [0.5, 0.6) is 11.5 Å². The number of anilines is 1. The van der Waals surface area contributed by atoms with Gasteiger partial charge in [-0.25, -0.2) is 0 Å². The van der Waals surface area contributed by atoms with Crippen LogP contribution in [0, 0.1) is 0 Å². The number of aliphatic carboxylic acids is 1. The Labute approximate surface area is 227 Å². The van der Waals surface area contributed by atoms with Crippen molar-refractivity contribution < 1.29 is 53.3 Å². The van der Waals surface area contributed by atoms with E-state index in [4.69, 9.17) is 13.9 Å². The molecule has 176 valence electrons. The number of carboxylic acids is 1. The van der Waals surface area contributed by atoms with Gasteiger partial charge in [0.1, 0.15) is 23.1 Å². The molecule has 0 aliphatic carbocycles. The van der Waals surface area contributed by atoms with Crippen molar-refractivity contribution in [3.05, 3.63) is 84.4 Å². The summed E-state index contributed by atoms with van der Waals surface area (Å²) >= 11 is 0. The summed E-state index contributed by atoms with van der Waals surface area (Å²) in [5, 5.41) is 11.2. The topological polar surface area (TPSA) is 87.9 Å². The number of hydrogen-bond acceptors (Lipinski definition) is 7. The molecule has 1 atom stereocenters. The number of rotatable bonds is 12. The summed E-state index contributed by atoms with van der Waals surface area (Å²) in [7, 11) is 0. The first-order valence-electron chi connectivity index (χ1n) is 11.4. The Balaban J connectivity index is 0.00000342. The molecule has 3 aromatic carbocycles. The molecule has 0 saturated carbocycles. The van der Waals surface area contributed by atoms with Crippen LogP contribution in [-0.4, -0.2) is 30.2 Å². The van der Waals surface area contributed by atoms with Crippen LogP contribution in [0.15, 0.2) is 83.3 Å². The molecule has 4 aromatic rings. The zero-order chi connectivity index (χ0) is 23.8. The van der Waals surface area contributed by atoms with Crippen LogP contribution in [-0.2, 0) is 11.3 Å². The standard InChI is InChI=1S/C27H28N2O5.Na/c1-2-24(26(30)31)33-22-13-8-10-20(18-22)19-29(16-9-17-32-21-11-4-3-5-12-21)27-28-23-14-6-7-15-25(23)34-27;/h3-8,10-15,18,24H,2,9,16-17,19H2,1H3,(H,30,31);/q;+1/p-1. The van der Waals surface area contributed by atoms with E-state index in [-0.39, 0.29) is 29.6 Å². The average molecular weight is 483 g/mol. The van der Waals surface area contributed by atoms with Gasteiger partial charge in [0.15, 0.2) is 5.58 Å². The van der Waals surface area contributed by atoms with E-state index in [0.717, 1.165) is 28.8 Å². The molecule has 1 unspecified atom stereocenters. The maximum absolute atomic E-state index is 11.2. The number of benzene rings is 3. The second-order valence-corrected chi connectivity index (χ2v) is 7.88. The van der Waals surface area contributed by atoms with Crippen molar-refractivity contribution in [1.82, 2.24) is 4.98 Å². The molecule has 0 radical (unpaired) electrons. The first-order valence-corrected chi connectivity index (χ1v) is 11.4. The van der Waals surface area contributed by atoms with E-state index in [1.807, 2.05) is 77.7 Å². The van der Waals surface area contributed by atoms with Gasteiger partial charge in [0.2, 0.25) is 0 Å². The smallest absolute Gasteiger partial charge is 0.546 e. The zero-order valence-electron chi connectivity index (χ0n) is 20.1. The number of para-hydroxylation sites is 3. The first kappa shape index (κ1) is 26.6. The molecule has 1 heterocycles. The molecule has 0 aliphatic rings. The molecule has 7 nitrogen and oxygen atoms in total. The molecule has 0 fully saturated rings. The van der Waals surface area contributed by atoms with Crippen LogP contribution in [0.25, 0.3) is 11.1 Å². The van der Waals surface area contributed by atoms with Gasteiger partial charge < -0.3 is 28.7 Å². The predicted octanol–water partition coefficient (Wildman–Crippen LogP) is 1.21. The Morgan fingerprint density at radius 3 is 2.51 bits per heavy atom. The van der Waals surface area contributed by atoms with Crippen molar-refractivity contribution in [1.29, 1.82) is 0 Å². The van der Waals surface area contributed by atoms with E-state index in [0.29, 0.717) is 37.9 Å². The van der Waals surface area contributed by atoms with Crippen molar-refractivity contribution in [2.24, 2.45) is 0 Å². The minimum atomic E-state index is -1.22. The monoisotopic (exact) mass is 482 g/mol. The van der Waals surface area contributed by atoms with Gasteiger partial charge in [0.05, 0.1) is 12.6 Å². The van der Waals surface area contributed by atoms with E-state index in [2.05, 4.69) is 4.98 Å². The summed E-state index contributed by atoms with van der Waals surface area (Å²) in [6.07, 6.45) is 0.0913. The van der Waals surface area contributed by atoms with E-state index in [1.165, 1.54) is 0 Å². The Morgan fingerprint density at radius 1 is 1.03 bits per heavy atom. The molecule has 0 amide bonds. The van der Waals surface area contributed by atoms with Gasteiger partial charge in [-0.2, -0.15) is 4.98 Å². The molecule has 0 N–H and O–H groups in total. The number of nitrogens with zero attached hydrogens (tertiary/aromatic N) is 2. The Bertz CT molecular complexity index is 1180. The summed E-state index contributed by atoms with van der Waals surface area (Å²) in [5.74, 6) is 0.0945. The molecule has 0 bridgehead atoms. The predicted molar refractivity (Wildman–Crippen MR) is 128 cm³/mol. The van der Waals surface area contributed by atoms with Crippen molar-refractivity contribution >= 4 is 23.1 Å². The van der Waals surface area contributed by atoms with Gasteiger partial charge in [-0.3, -0.25) is 0 Å². The normalized spacial score (nSPS) is 11.5. The molecule has 0 aliphatic heterocycles. The average Bonchev–Trinajstić information content (AvgIpc) is 3.29. The van der Waals surface area contributed by atoms with Gasteiger partial charge in [-0.1, -0.05) is 49.4 Å². The van der Waals surface area contributed by atoms with E-state index in [1.54, 1.807) is 13.0 Å². The number of hydrogen-bond donors (Lipinski definition) is 0. The van der Waals surface area contributed by atoms with Gasteiger partial charge in [-0.05, 0) is 54.8 Å². The second kappa shape index (κ2) is 13.2. The molecule has 1 aromatic heterocycles. The van der Waals surface area contributed by atoms with Crippen molar-refractivity contribution in [3.8, 4) is 11.5 Å². The number of aromatic nitrogens is 1. The maximum Gasteiger partial charge on any atom is 1.00 e. The van der Waals surface area contributed by atoms with Crippen LogP contribution in [0.2, 0.25) is 0 Å². The largest absolute Gasteiger partial charge is 1.00 e. The number of carbonyl (C=O) groups is 1. The minimum absolute atomic E-state index is 0. The van der Waals surface area contributed by atoms with E-state index in [9.17, 15) is 9.90 Å². The Kier molecular flexibility index (Phi) is 10.0. The van der Waals surface area contributed by atoms with Crippen molar-refractivity contribution in [3.63, 3.8) is 0 Å². The van der Waals surface area contributed by atoms with Gasteiger partial charge in [-0.15, -0.1) is 0 Å². The van der Waals surface area contributed by atoms with Gasteiger partial charge in [0, 0.05) is 13.1 Å². The molecule has 8 heteroatoms. The van der Waals surface area contributed by atoms with Crippen LogP contribution < -0.4 is 49.0 Å². The molecule has 0 saturated heterocycles. The van der Waals surface area contributed by atoms with E-state index < -0.39 is 12.1 Å². The number of oxazole rings is 1. The Hall–Kier alpha value is -3.00. The zero-order valence-corrected chi connectivity index (χ0v) is 22.1. The van der Waals surface area contributed by atoms with Gasteiger partial charge >= 0.3 is 29.6 Å². The molecular formula is C27H27N2NaO5. The third-order valence-electron chi connectivity index (χ3n) is 5.32. The minimum Gasteiger partial charge on any atom is -0.546 e.